The van der Waals surface area contributed by atoms with Crippen molar-refractivity contribution in [1.82, 2.24) is 19.6 Å². The maximum atomic E-state index is 12.7. The third-order valence-electron chi connectivity index (χ3n) is 5.79. The summed E-state index contributed by atoms with van der Waals surface area (Å²) in [5, 5.41) is 4.50. The summed E-state index contributed by atoms with van der Waals surface area (Å²) in [5.74, 6) is 0.488. The Labute approximate surface area is 145 Å². The number of amides is 1. The Morgan fingerprint density at radius 2 is 1.92 bits per heavy atom. The van der Waals surface area contributed by atoms with Gasteiger partial charge in [0.15, 0.2) is 0 Å². The minimum Gasteiger partial charge on any atom is -0.340 e. The van der Waals surface area contributed by atoms with E-state index >= 15 is 0 Å². The molecule has 2 aliphatic rings. The number of aryl methyl sites for hydroxylation is 2. The summed E-state index contributed by atoms with van der Waals surface area (Å²) < 4.78 is 1.96. The first kappa shape index (κ1) is 17.4. The molecule has 2 N–H and O–H groups in total. The van der Waals surface area contributed by atoms with Crippen molar-refractivity contribution in [2.45, 2.75) is 52.1 Å². The molecule has 1 aliphatic heterocycles. The molecule has 3 rings (SSSR count). The largest absolute Gasteiger partial charge is 0.340 e. The van der Waals surface area contributed by atoms with Crippen LogP contribution in [0.1, 0.15) is 42.6 Å². The molecule has 24 heavy (non-hydrogen) atoms. The molecule has 0 spiro atoms. The molecule has 0 radical (unpaired) electrons. The van der Waals surface area contributed by atoms with E-state index in [0.29, 0.717) is 5.91 Å². The number of rotatable bonds is 3. The van der Waals surface area contributed by atoms with Crippen LogP contribution in [-0.4, -0.2) is 57.7 Å². The lowest BCUT2D eigenvalue weighted by molar-refractivity contribution is -0.138. The standard InChI is InChI=1S/C18H31N5O/c1-13-17(14(2)21(3)20-13)12-22-7-9-23(10-8-22)18(24)15-5-4-6-16(19)11-15/h15-16H,4-12,19H2,1-3H3. The predicted octanol–water partition coefficient (Wildman–Crippen LogP) is 1.20. The number of carbonyl (C=O) groups is 1. The van der Waals surface area contributed by atoms with E-state index in [0.717, 1.165) is 64.1 Å². The summed E-state index contributed by atoms with van der Waals surface area (Å²) in [5.41, 5.74) is 9.73. The van der Waals surface area contributed by atoms with Gasteiger partial charge in [0.25, 0.3) is 0 Å². The van der Waals surface area contributed by atoms with Gasteiger partial charge in [-0.15, -0.1) is 0 Å². The molecule has 2 unspecified atom stereocenters. The molecule has 134 valence electrons. The maximum absolute atomic E-state index is 12.7. The summed E-state index contributed by atoms with van der Waals surface area (Å²) in [6, 6.07) is 0.213. The molecule has 6 nitrogen and oxygen atoms in total. The van der Waals surface area contributed by atoms with Crippen molar-refractivity contribution in [3.8, 4) is 0 Å². The van der Waals surface area contributed by atoms with E-state index in [2.05, 4.69) is 28.7 Å². The molecule has 1 saturated heterocycles. The predicted molar refractivity (Wildman–Crippen MR) is 94.5 cm³/mol. The molecule has 2 atom stereocenters. The molecule has 2 fully saturated rings. The van der Waals surface area contributed by atoms with Crippen LogP contribution < -0.4 is 5.73 Å². The van der Waals surface area contributed by atoms with Gasteiger partial charge in [-0.2, -0.15) is 5.10 Å². The van der Waals surface area contributed by atoms with E-state index in [1.807, 2.05) is 11.7 Å². The average molecular weight is 333 g/mol. The van der Waals surface area contributed by atoms with Crippen LogP contribution in [0.5, 0.6) is 0 Å². The number of aromatic nitrogens is 2. The first-order chi connectivity index (χ1) is 11.5. The molecule has 1 aliphatic carbocycles. The third kappa shape index (κ3) is 3.64. The van der Waals surface area contributed by atoms with Gasteiger partial charge in [-0.25, -0.2) is 0 Å². The highest BCUT2D eigenvalue weighted by atomic mass is 16.2. The van der Waals surface area contributed by atoms with Crippen molar-refractivity contribution >= 4 is 5.91 Å². The Kier molecular flexibility index (Phi) is 5.25. The third-order valence-corrected chi connectivity index (χ3v) is 5.79. The van der Waals surface area contributed by atoms with E-state index in [1.165, 1.54) is 11.3 Å². The topological polar surface area (TPSA) is 67.4 Å². The van der Waals surface area contributed by atoms with Gasteiger partial charge in [0.1, 0.15) is 0 Å². The van der Waals surface area contributed by atoms with E-state index in [9.17, 15) is 4.79 Å². The normalized spacial score (nSPS) is 25.9. The zero-order valence-corrected chi connectivity index (χ0v) is 15.3. The smallest absolute Gasteiger partial charge is 0.225 e. The van der Waals surface area contributed by atoms with Crippen molar-refractivity contribution in [3.05, 3.63) is 17.0 Å². The molecule has 0 aromatic carbocycles. The number of hydrogen-bond donors (Lipinski definition) is 1. The monoisotopic (exact) mass is 333 g/mol. The Bertz CT molecular complexity index is 588. The van der Waals surface area contributed by atoms with Gasteiger partial charge in [-0.05, 0) is 33.1 Å². The van der Waals surface area contributed by atoms with Gasteiger partial charge < -0.3 is 10.6 Å². The molecule has 1 saturated carbocycles. The highest BCUT2D eigenvalue weighted by Crippen LogP contribution is 2.25. The van der Waals surface area contributed by atoms with Crippen molar-refractivity contribution in [2.75, 3.05) is 26.2 Å². The van der Waals surface area contributed by atoms with Crippen LogP contribution in [0.25, 0.3) is 0 Å². The Hall–Kier alpha value is -1.40. The minimum absolute atomic E-state index is 0.156. The molecule has 0 bridgehead atoms. The maximum Gasteiger partial charge on any atom is 0.225 e. The van der Waals surface area contributed by atoms with Gasteiger partial charge in [0.05, 0.1) is 5.69 Å². The van der Waals surface area contributed by atoms with Crippen LogP contribution in [0.3, 0.4) is 0 Å². The number of nitrogens with zero attached hydrogens (tertiary/aromatic N) is 4. The molecule has 1 aromatic heterocycles. The molecular weight excluding hydrogens is 302 g/mol. The second-order valence-electron chi connectivity index (χ2n) is 7.50. The van der Waals surface area contributed by atoms with Gasteiger partial charge in [0.2, 0.25) is 5.91 Å². The van der Waals surface area contributed by atoms with Gasteiger partial charge in [-0.1, -0.05) is 6.42 Å². The molecule has 1 aromatic rings. The summed E-state index contributed by atoms with van der Waals surface area (Å²) in [6.45, 7) is 8.69. The summed E-state index contributed by atoms with van der Waals surface area (Å²) in [7, 11) is 2.00. The molecule has 6 heteroatoms. The van der Waals surface area contributed by atoms with E-state index in [-0.39, 0.29) is 12.0 Å². The van der Waals surface area contributed by atoms with Crippen LogP contribution in [0.2, 0.25) is 0 Å². The van der Waals surface area contributed by atoms with Gasteiger partial charge in [0, 0.05) is 63.0 Å². The number of nitrogens with two attached hydrogens (primary N) is 1. The molecule has 1 amide bonds. The fourth-order valence-corrected chi connectivity index (χ4v) is 4.11. The Morgan fingerprint density at radius 3 is 2.50 bits per heavy atom. The van der Waals surface area contributed by atoms with Crippen molar-refractivity contribution < 1.29 is 4.79 Å². The fraction of sp³-hybridized carbons (Fsp3) is 0.778. The van der Waals surface area contributed by atoms with Crippen LogP contribution in [0.15, 0.2) is 0 Å². The lowest BCUT2D eigenvalue weighted by Gasteiger charge is -2.37. The van der Waals surface area contributed by atoms with Crippen LogP contribution >= 0.6 is 0 Å². The highest BCUT2D eigenvalue weighted by Gasteiger charge is 2.30. The average Bonchev–Trinajstić information content (AvgIpc) is 2.81. The zero-order chi connectivity index (χ0) is 17.3. The van der Waals surface area contributed by atoms with E-state index < -0.39 is 0 Å². The lowest BCUT2D eigenvalue weighted by Crippen LogP contribution is -2.51. The second-order valence-corrected chi connectivity index (χ2v) is 7.50. The molecule has 2 heterocycles. The number of hydrogen-bond acceptors (Lipinski definition) is 4. The number of piperazine rings is 1. The zero-order valence-electron chi connectivity index (χ0n) is 15.3. The first-order valence-corrected chi connectivity index (χ1v) is 9.21. The van der Waals surface area contributed by atoms with Crippen molar-refractivity contribution in [1.29, 1.82) is 0 Å². The summed E-state index contributed by atoms with van der Waals surface area (Å²) in [6.07, 6.45) is 4.05. The van der Waals surface area contributed by atoms with Gasteiger partial charge >= 0.3 is 0 Å². The highest BCUT2D eigenvalue weighted by molar-refractivity contribution is 5.79. The minimum atomic E-state index is 0.156. The Morgan fingerprint density at radius 1 is 1.21 bits per heavy atom. The quantitative estimate of drug-likeness (QED) is 0.902. The Balaban J connectivity index is 1.53. The van der Waals surface area contributed by atoms with E-state index in [1.54, 1.807) is 0 Å². The molecular formula is C18H31N5O. The van der Waals surface area contributed by atoms with Gasteiger partial charge in [-0.3, -0.25) is 14.4 Å². The summed E-state index contributed by atoms with van der Waals surface area (Å²) >= 11 is 0. The van der Waals surface area contributed by atoms with Crippen molar-refractivity contribution in [2.24, 2.45) is 18.7 Å². The van der Waals surface area contributed by atoms with Crippen LogP contribution in [-0.2, 0) is 18.4 Å². The van der Waals surface area contributed by atoms with E-state index in [4.69, 9.17) is 5.73 Å². The number of carbonyl (C=O) groups excluding carboxylic acids is 1. The second kappa shape index (κ2) is 7.23. The van der Waals surface area contributed by atoms with Crippen LogP contribution in [0, 0.1) is 19.8 Å². The lowest BCUT2D eigenvalue weighted by atomic mass is 9.85. The fourth-order valence-electron chi connectivity index (χ4n) is 4.11. The summed E-state index contributed by atoms with van der Waals surface area (Å²) in [4.78, 5) is 17.2. The SMILES string of the molecule is Cc1nn(C)c(C)c1CN1CCN(C(=O)C2CCCC(N)C2)CC1. The van der Waals surface area contributed by atoms with Crippen LogP contribution in [0.4, 0.5) is 0 Å². The first-order valence-electron chi connectivity index (χ1n) is 9.21. The van der Waals surface area contributed by atoms with Crippen molar-refractivity contribution in [3.63, 3.8) is 0 Å².